The van der Waals surface area contributed by atoms with Gasteiger partial charge in [0, 0.05) is 25.7 Å². The van der Waals surface area contributed by atoms with E-state index in [-0.39, 0.29) is 43.8 Å². The Morgan fingerprint density at radius 1 is 1.03 bits per heavy atom. The van der Waals surface area contributed by atoms with Crippen LogP contribution in [0.2, 0.25) is 6.82 Å². The highest BCUT2D eigenvalue weighted by molar-refractivity contribution is 6.45. The first-order valence-corrected chi connectivity index (χ1v) is 11.9. The minimum absolute atomic E-state index is 0.0139. The fraction of sp³-hybridized carbons (Fsp3) is 0.346. The van der Waals surface area contributed by atoms with Gasteiger partial charge in [0.1, 0.15) is 5.82 Å². The second-order valence-electron chi connectivity index (χ2n) is 8.80. The Balaban J connectivity index is 1.77. The summed E-state index contributed by atoms with van der Waals surface area (Å²) in [5, 5.41) is 28.1. The number of carbonyl (C=O) groups is 1. The monoisotopic (exact) mass is 515 g/mol. The lowest BCUT2D eigenvalue weighted by molar-refractivity contribution is -0.139. The van der Waals surface area contributed by atoms with E-state index in [1.807, 2.05) is 24.3 Å². The molecular formula is C26H29BF3N3O4. The molecular weight excluding hydrogens is 486 g/mol. The number of carboxylic acids is 1. The average molecular weight is 515 g/mol. The quantitative estimate of drug-likeness (QED) is 0.318. The van der Waals surface area contributed by atoms with Crippen LogP contribution in [0.1, 0.15) is 39.3 Å². The van der Waals surface area contributed by atoms with Gasteiger partial charge in [-0.2, -0.15) is 13.2 Å². The number of aliphatic hydroxyl groups excluding tert-OH is 1. The van der Waals surface area contributed by atoms with E-state index in [0.29, 0.717) is 24.2 Å². The van der Waals surface area contributed by atoms with E-state index in [2.05, 4.69) is 9.97 Å². The van der Waals surface area contributed by atoms with E-state index < -0.39 is 24.8 Å². The summed E-state index contributed by atoms with van der Waals surface area (Å²) in [6.45, 7) is 2.29. The molecule has 7 nitrogen and oxygen atoms in total. The second kappa shape index (κ2) is 12.8. The van der Waals surface area contributed by atoms with E-state index in [1.165, 1.54) is 0 Å². The molecule has 0 aliphatic heterocycles. The van der Waals surface area contributed by atoms with Gasteiger partial charge in [-0.15, -0.1) is 0 Å². The maximum atomic E-state index is 13.6. The maximum absolute atomic E-state index is 13.6. The van der Waals surface area contributed by atoms with Crippen LogP contribution >= 0.6 is 0 Å². The molecule has 3 aromatic rings. The molecule has 1 aromatic heterocycles. The van der Waals surface area contributed by atoms with Crippen LogP contribution < -0.4 is 0 Å². The van der Waals surface area contributed by atoms with Crippen molar-refractivity contribution in [2.45, 2.75) is 45.2 Å². The van der Waals surface area contributed by atoms with Gasteiger partial charge >= 0.3 is 19.2 Å². The summed E-state index contributed by atoms with van der Waals surface area (Å²) in [6.07, 6.45) is -3.57. The fourth-order valence-electron chi connectivity index (χ4n) is 4.07. The first kappa shape index (κ1) is 28.3. The zero-order chi connectivity index (χ0) is 27.0. The standard InChI is InChI=1S/C26H29BF3N3O4/c1-27(37)33(12-13-34)17-19-8-6-18(7-9-19)14-24-31-16-22(26(28,29)30)23(32-24)11-10-20-4-2-3-5-21(20)15-25(35)36/h2-9,16,34,37H,10-15,17H2,1H3,(H,35,36). The lowest BCUT2D eigenvalue weighted by Crippen LogP contribution is -2.38. The second-order valence-corrected chi connectivity index (χ2v) is 8.80. The zero-order valence-corrected chi connectivity index (χ0v) is 20.4. The summed E-state index contributed by atoms with van der Waals surface area (Å²) in [5.74, 6) is -0.758. The SMILES string of the molecule is CB(O)N(CCO)Cc1ccc(Cc2ncc(C(F)(F)F)c(CCc3ccccc3CC(=O)O)n2)cc1. The van der Waals surface area contributed by atoms with Crippen LogP contribution in [0.3, 0.4) is 0 Å². The Labute approximate surface area is 213 Å². The third-order valence-electron chi connectivity index (χ3n) is 6.00. The molecule has 3 N–H and O–H groups in total. The van der Waals surface area contributed by atoms with Crippen molar-refractivity contribution >= 4 is 13.0 Å². The van der Waals surface area contributed by atoms with Crippen molar-refractivity contribution in [1.29, 1.82) is 0 Å². The predicted molar refractivity (Wildman–Crippen MR) is 133 cm³/mol. The molecule has 11 heteroatoms. The number of rotatable bonds is 12. The van der Waals surface area contributed by atoms with E-state index in [1.54, 1.807) is 35.9 Å². The van der Waals surface area contributed by atoms with Gasteiger partial charge in [-0.3, -0.25) is 4.79 Å². The lowest BCUT2D eigenvalue weighted by Gasteiger charge is -2.22. The van der Waals surface area contributed by atoms with Gasteiger partial charge in [0.05, 0.1) is 24.3 Å². The van der Waals surface area contributed by atoms with Gasteiger partial charge in [0.15, 0.2) is 0 Å². The van der Waals surface area contributed by atoms with Gasteiger partial charge in [-0.25, -0.2) is 9.97 Å². The Morgan fingerprint density at radius 2 is 1.68 bits per heavy atom. The number of carboxylic acid groups (broad SMARTS) is 1. The van der Waals surface area contributed by atoms with Crippen LogP contribution in [0.15, 0.2) is 54.7 Å². The summed E-state index contributed by atoms with van der Waals surface area (Å²) in [4.78, 5) is 21.0. The van der Waals surface area contributed by atoms with Crippen molar-refractivity contribution < 1.29 is 33.2 Å². The third kappa shape index (κ3) is 8.38. The van der Waals surface area contributed by atoms with Crippen molar-refractivity contribution in [2.75, 3.05) is 13.2 Å². The summed E-state index contributed by atoms with van der Waals surface area (Å²) in [6, 6.07) is 14.2. The minimum Gasteiger partial charge on any atom is -0.481 e. The number of hydrogen-bond acceptors (Lipinski definition) is 6. The molecule has 0 saturated heterocycles. The molecule has 0 radical (unpaired) electrons. The summed E-state index contributed by atoms with van der Waals surface area (Å²) < 4.78 is 40.9. The summed E-state index contributed by atoms with van der Waals surface area (Å²) in [7, 11) is -0.720. The highest BCUT2D eigenvalue weighted by Gasteiger charge is 2.34. The van der Waals surface area contributed by atoms with Crippen LogP contribution in [-0.2, 0) is 43.2 Å². The molecule has 37 heavy (non-hydrogen) atoms. The number of benzene rings is 2. The van der Waals surface area contributed by atoms with Gasteiger partial charge in [-0.05, 0) is 41.9 Å². The zero-order valence-electron chi connectivity index (χ0n) is 20.4. The molecule has 0 saturated carbocycles. The number of hydrogen-bond donors (Lipinski definition) is 3. The largest absolute Gasteiger partial charge is 0.481 e. The Kier molecular flexibility index (Phi) is 9.79. The topological polar surface area (TPSA) is 107 Å². The molecule has 2 aromatic carbocycles. The first-order valence-electron chi connectivity index (χ1n) is 11.9. The van der Waals surface area contributed by atoms with Crippen LogP contribution in [0.5, 0.6) is 0 Å². The van der Waals surface area contributed by atoms with E-state index in [4.69, 9.17) is 10.2 Å². The highest BCUT2D eigenvalue weighted by Crippen LogP contribution is 2.31. The Morgan fingerprint density at radius 3 is 2.27 bits per heavy atom. The number of nitrogens with zero attached hydrogens (tertiary/aromatic N) is 3. The molecule has 196 valence electrons. The average Bonchev–Trinajstić information content (AvgIpc) is 2.83. The van der Waals surface area contributed by atoms with Crippen molar-refractivity contribution in [3.05, 3.63) is 94.1 Å². The Hall–Kier alpha value is -3.28. The minimum atomic E-state index is -4.61. The van der Waals surface area contributed by atoms with Crippen molar-refractivity contribution in [3.63, 3.8) is 0 Å². The van der Waals surface area contributed by atoms with Crippen LogP contribution in [0.25, 0.3) is 0 Å². The molecule has 3 rings (SSSR count). The van der Waals surface area contributed by atoms with Crippen LogP contribution in [-0.4, -0.2) is 56.2 Å². The normalized spacial score (nSPS) is 11.6. The summed E-state index contributed by atoms with van der Waals surface area (Å²) >= 11 is 0. The number of aliphatic carboxylic acids is 1. The van der Waals surface area contributed by atoms with Gasteiger partial charge in [0.2, 0.25) is 0 Å². The first-order chi connectivity index (χ1) is 17.6. The molecule has 0 aliphatic rings. The van der Waals surface area contributed by atoms with Gasteiger partial charge in [-0.1, -0.05) is 48.5 Å². The van der Waals surface area contributed by atoms with Crippen LogP contribution in [0, 0.1) is 0 Å². The van der Waals surface area contributed by atoms with Gasteiger partial charge in [0.25, 0.3) is 0 Å². The van der Waals surface area contributed by atoms with Crippen LogP contribution in [0.4, 0.5) is 13.2 Å². The molecule has 0 aliphatic carbocycles. The van der Waals surface area contributed by atoms with E-state index in [9.17, 15) is 23.0 Å². The molecule has 0 atom stereocenters. The van der Waals surface area contributed by atoms with Crippen molar-refractivity contribution in [1.82, 2.24) is 14.8 Å². The molecule has 1 heterocycles. The van der Waals surface area contributed by atoms with Crippen molar-refractivity contribution in [3.8, 4) is 0 Å². The molecule has 0 spiro atoms. The molecule has 0 unspecified atom stereocenters. The number of aromatic nitrogens is 2. The van der Waals surface area contributed by atoms with E-state index in [0.717, 1.165) is 17.3 Å². The van der Waals surface area contributed by atoms with E-state index >= 15 is 0 Å². The fourth-order valence-corrected chi connectivity index (χ4v) is 4.07. The Bertz CT molecular complexity index is 1190. The lowest BCUT2D eigenvalue weighted by atomic mass is 9.84. The molecule has 0 bridgehead atoms. The molecule has 0 fully saturated rings. The molecule has 0 amide bonds. The maximum Gasteiger partial charge on any atom is 0.419 e. The third-order valence-corrected chi connectivity index (χ3v) is 6.00. The smallest absolute Gasteiger partial charge is 0.419 e. The summed E-state index contributed by atoms with van der Waals surface area (Å²) in [5.41, 5.74) is 1.92. The number of alkyl halides is 3. The number of halogens is 3. The predicted octanol–water partition coefficient (Wildman–Crippen LogP) is 3.40. The highest BCUT2D eigenvalue weighted by atomic mass is 19.4. The van der Waals surface area contributed by atoms with Crippen molar-refractivity contribution in [2.24, 2.45) is 0 Å². The number of aliphatic hydroxyl groups is 1. The number of aryl methyl sites for hydroxylation is 2. The van der Waals surface area contributed by atoms with Gasteiger partial charge < -0.3 is 20.0 Å².